The Morgan fingerprint density at radius 2 is 2.14 bits per heavy atom. The Balaban J connectivity index is 1.67. The van der Waals surface area contributed by atoms with Crippen molar-refractivity contribution in [3.63, 3.8) is 0 Å². The van der Waals surface area contributed by atoms with E-state index in [1.54, 1.807) is 24.3 Å². The fourth-order valence-electron chi connectivity index (χ4n) is 4.06. The van der Waals surface area contributed by atoms with Gasteiger partial charge >= 0.3 is 5.97 Å². The van der Waals surface area contributed by atoms with Crippen LogP contribution in [-0.4, -0.2) is 40.0 Å². The Labute approximate surface area is 206 Å². The van der Waals surface area contributed by atoms with Crippen molar-refractivity contribution in [1.29, 1.82) is 0 Å². The zero-order chi connectivity index (χ0) is 25.2. The van der Waals surface area contributed by atoms with E-state index in [0.29, 0.717) is 43.2 Å². The first kappa shape index (κ1) is 26.0. The van der Waals surface area contributed by atoms with Gasteiger partial charge in [-0.25, -0.2) is 9.78 Å². The lowest BCUT2D eigenvalue weighted by atomic mass is 9.92. The van der Waals surface area contributed by atoms with Crippen LogP contribution in [-0.2, 0) is 22.4 Å². The fraction of sp³-hybridized carbons (Fsp3) is 0.393. The van der Waals surface area contributed by atoms with Gasteiger partial charge in [-0.1, -0.05) is 50.1 Å². The Bertz CT molecular complexity index is 1110. The summed E-state index contributed by atoms with van der Waals surface area (Å²) in [6, 6.07) is 4.42. The number of allylic oxidation sites excluding steroid dienone is 4. The van der Waals surface area contributed by atoms with Crippen LogP contribution in [0, 0.1) is 6.92 Å². The Kier molecular flexibility index (Phi) is 9.47. The molecule has 1 aromatic carbocycles. The third kappa shape index (κ3) is 6.94. The minimum Gasteiger partial charge on any atom is -0.493 e. The van der Waals surface area contributed by atoms with Crippen molar-refractivity contribution in [2.45, 2.75) is 58.9 Å². The molecule has 1 atom stereocenters. The van der Waals surface area contributed by atoms with Gasteiger partial charge in [0, 0.05) is 19.0 Å². The minimum atomic E-state index is -1.06. The molecule has 3 rings (SSSR count). The average Bonchev–Trinajstić information content (AvgIpc) is 3.20. The third-order valence-corrected chi connectivity index (χ3v) is 5.91. The van der Waals surface area contributed by atoms with Crippen LogP contribution in [0.3, 0.4) is 0 Å². The van der Waals surface area contributed by atoms with Crippen LogP contribution in [0.15, 0.2) is 53.0 Å². The number of oxazole rings is 1. The summed E-state index contributed by atoms with van der Waals surface area (Å²) in [5, 5.41) is 9.92. The first-order valence-corrected chi connectivity index (χ1v) is 12.2. The topological polar surface area (TPSA) is 92.9 Å². The molecule has 1 unspecified atom stereocenters. The van der Waals surface area contributed by atoms with Gasteiger partial charge in [-0.15, -0.1) is 0 Å². The van der Waals surface area contributed by atoms with E-state index in [0.717, 1.165) is 36.3 Å². The van der Waals surface area contributed by atoms with Gasteiger partial charge in [-0.05, 0) is 56.0 Å². The number of hydrogen-bond donors (Lipinski definition) is 1. The number of amides is 1. The highest BCUT2D eigenvalue weighted by Crippen LogP contribution is 2.33. The number of rotatable bonds is 11. The predicted octanol–water partition coefficient (Wildman–Crippen LogP) is 5.45. The molecule has 0 saturated heterocycles. The first-order chi connectivity index (χ1) is 16.9. The van der Waals surface area contributed by atoms with E-state index in [4.69, 9.17) is 9.15 Å². The van der Waals surface area contributed by atoms with Gasteiger partial charge in [0.25, 0.3) is 0 Å². The number of ether oxygens (including phenoxy) is 1. The summed E-state index contributed by atoms with van der Waals surface area (Å²) >= 11 is 0. The quantitative estimate of drug-likeness (QED) is 0.262. The Morgan fingerprint density at radius 1 is 1.31 bits per heavy atom. The average molecular weight is 479 g/mol. The maximum absolute atomic E-state index is 12.6. The van der Waals surface area contributed by atoms with E-state index in [1.165, 1.54) is 11.0 Å². The van der Waals surface area contributed by atoms with E-state index >= 15 is 0 Å². The van der Waals surface area contributed by atoms with Crippen molar-refractivity contribution in [1.82, 2.24) is 9.88 Å². The normalized spacial score (nSPS) is 15.9. The lowest BCUT2D eigenvalue weighted by Gasteiger charge is -2.34. The Hall–Kier alpha value is -3.61. The monoisotopic (exact) mass is 478 g/mol. The molecule has 0 saturated carbocycles. The third-order valence-electron chi connectivity index (χ3n) is 5.91. The van der Waals surface area contributed by atoms with Crippen molar-refractivity contribution in [2.24, 2.45) is 0 Å². The molecule has 1 aliphatic rings. The molecule has 0 radical (unpaired) electrons. The summed E-state index contributed by atoms with van der Waals surface area (Å²) in [5.74, 6) is 0.539. The number of aryl methyl sites for hydroxylation is 1. The van der Waals surface area contributed by atoms with Gasteiger partial charge in [-0.2, -0.15) is 0 Å². The lowest BCUT2D eigenvalue weighted by molar-refractivity contribution is -0.149. The molecule has 2 heterocycles. The first-order valence-electron chi connectivity index (χ1n) is 12.2. The minimum absolute atomic E-state index is 0.325. The van der Waals surface area contributed by atoms with Gasteiger partial charge in [0.05, 0.1) is 12.3 Å². The number of carboxylic acids is 1. The number of carbonyl (C=O) groups is 2. The van der Waals surface area contributed by atoms with Gasteiger partial charge in [0.2, 0.25) is 11.8 Å². The summed E-state index contributed by atoms with van der Waals surface area (Å²) in [7, 11) is 0. The number of aliphatic carboxylic acids is 1. The summed E-state index contributed by atoms with van der Waals surface area (Å²) in [4.78, 5) is 30.7. The van der Waals surface area contributed by atoms with Crippen molar-refractivity contribution in [3.8, 4) is 5.75 Å². The molecular weight excluding hydrogens is 444 g/mol. The second kappa shape index (κ2) is 12.7. The molecule has 0 bridgehead atoms. The van der Waals surface area contributed by atoms with Crippen LogP contribution in [0.4, 0.5) is 0 Å². The van der Waals surface area contributed by atoms with E-state index in [1.807, 2.05) is 32.1 Å². The zero-order valence-electron chi connectivity index (χ0n) is 20.7. The number of carboxylic acid groups (broad SMARTS) is 1. The molecule has 1 amide bonds. The molecule has 0 fully saturated rings. The summed E-state index contributed by atoms with van der Waals surface area (Å²) in [6.45, 7) is 6.62. The largest absolute Gasteiger partial charge is 0.493 e. The van der Waals surface area contributed by atoms with Crippen LogP contribution >= 0.6 is 0 Å². The predicted molar refractivity (Wildman–Crippen MR) is 135 cm³/mol. The smallest absolute Gasteiger partial charge is 0.331 e. The van der Waals surface area contributed by atoms with Crippen molar-refractivity contribution in [3.05, 3.63) is 77.1 Å². The molecule has 186 valence electrons. The van der Waals surface area contributed by atoms with E-state index in [-0.39, 0.29) is 5.91 Å². The standard InChI is InChI=1S/C28H34N2O5/c1-4-6-8-10-11-25-29-24(20(3)35-25)16-18-34-22-14-13-21-15-17-30(26(31)12-9-7-5-2)27(28(32)33)23(21)19-22/h5,7,9-14,19,27H,4,6,8,15-18H2,1-3H3,(H,32,33)/b7-5?,11-10+,12-9?. The Morgan fingerprint density at radius 3 is 2.89 bits per heavy atom. The SMILES string of the molecule is CC=CC=CC(=O)N1CCc2ccc(OCCc3nc(/C=C/CCCC)oc3C)cc2C1C(=O)O. The second-order valence-corrected chi connectivity index (χ2v) is 8.47. The number of nitrogens with zero attached hydrogens (tertiary/aromatic N) is 2. The highest BCUT2D eigenvalue weighted by Gasteiger charge is 2.35. The number of hydrogen-bond acceptors (Lipinski definition) is 5. The molecule has 0 aliphatic carbocycles. The molecule has 7 nitrogen and oxygen atoms in total. The second-order valence-electron chi connectivity index (χ2n) is 8.47. The molecule has 1 N–H and O–H groups in total. The number of carbonyl (C=O) groups excluding carboxylic acids is 1. The van der Waals surface area contributed by atoms with Gasteiger partial charge in [-0.3, -0.25) is 4.79 Å². The zero-order valence-corrected chi connectivity index (χ0v) is 20.7. The molecule has 0 spiro atoms. The maximum Gasteiger partial charge on any atom is 0.331 e. The molecule has 35 heavy (non-hydrogen) atoms. The number of unbranched alkanes of at least 4 members (excludes halogenated alkanes) is 2. The van der Waals surface area contributed by atoms with Crippen molar-refractivity contribution in [2.75, 3.05) is 13.2 Å². The van der Waals surface area contributed by atoms with Crippen LogP contribution in [0.2, 0.25) is 0 Å². The highest BCUT2D eigenvalue weighted by molar-refractivity contribution is 5.92. The number of fused-ring (bicyclic) bond motifs is 1. The van der Waals surface area contributed by atoms with Crippen LogP contribution in [0.25, 0.3) is 6.08 Å². The summed E-state index contributed by atoms with van der Waals surface area (Å²) in [6.07, 6.45) is 15.0. The molecule has 7 heteroatoms. The van der Waals surface area contributed by atoms with Gasteiger partial charge in [0.1, 0.15) is 11.5 Å². The van der Waals surface area contributed by atoms with Crippen LogP contribution < -0.4 is 4.74 Å². The summed E-state index contributed by atoms with van der Waals surface area (Å²) in [5.41, 5.74) is 2.34. The van der Waals surface area contributed by atoms with E-state index in [2.05, 4.69) is 18.0 Å². The van der Waals surface area contributed by atoms with Crippen molar-refractivity contribution < 1.29 is 23.8 Å². The molecule has 1 aliphatic heterocycles. The van der Waals surface area contributed by atoms with Crippen LogP contribution in [0.5, 0.6) is 5.75 Å². The number of benzene rings is 1. The van der Waals surface area contributed by atoms with E-state index in [9.17, 15) is 14.7 Å². The van der Waals surface area contributed by atoms with Gasteiger partial charge in [0.15, 0.2) is 6.04 Å². The highest BCUT2D eigenvalue weighted by atomic mass is 16.5. The van der Waals surface area contributed by atoms with Crippen LogP contribution in [0.1, 0.15) is 67.6 Å². The van der Waals surface area contributed by atoms with Crippen molar-refractivity contribution >= 4 is 18.0 Å². The van der Waals surface area contributed by atoms with Gasteiger partial charge < -0.3 is 19.2 Å². The van der Waals surface area contributed by atoms with E-state index < -0.39 is 12.0 Å². The summed E-state index contributed by atoms with van der Waals surface area (Å²) < 4.78 is 11.7. The molecular formula is C28H34N2O5. The fourth-order valence-corrected chi connectivity index (χ4v) is 4.06. The lowest BCUT2D eigenvalue weighted by Crippen LogP contribution is -2.42. The number of aromatic nitrogens is 1. The molecule has 1 aromatic heterocycles. The maximum atomic E-state index is 12.6. The molecule has 2 aromatic rings.